The molecule has 14 nitrogen and oxygen atoms in total. The molecule has 0 radical (unpaired) electrons. The Morgan fingerprint density at radius 3 is 2.92 bits per heavy atom. The van der Waals surface area contributed by atoms with Crippen LogP contribution >= 0.6 is 34.4 Å². The van der Waals surface area contributed by atoms with Gasteiger partial charge in [-0.3, -0.25) is 19.3 Å². The van der Waals surface area contributed by atoms with Crippen LogP contribution in [0.5, 0.6) is 0 Å². The summed E-state index contributed by atoms with van der Waals surface area (Å²) >= 11 is 3.97. The number of carboxylic acid groups (broad SMARTS) is 1. The number of nitrogens with zero attached hydrogens (tertiary/aromatic N) is 5. The van der Waals surface area contributed by atoms with E-state index in [1.165, 1.54) is 40.5 Å². The third-order valence-corrected chi connectivity index (χ3v) is 8.73. The summed E-state index contributed by atoms with van der Waals surface area (Å²) in [5.74, 6) is -1.41. The Kier molecular flexibility index (Phi) is 7.04. The molecule has 3 amide bonds. The topological polar surface area (TPSA) is 185 Å². The maximum absolute atomic E-state index is 13.1. The Bertz CT molecular complexity index is 1510. The van der Waals surface area contributed by atoms with Crippen LogP contribution in [0.25, 0.3) is 4.83 Å². The summed E-state index contributed by atoms with van der Waals surface area (Å²) in [7, 11) is 1.27. The number of fused-ring (bicyclic) bond motifs is 2. The van der Waals surface area contributed by atoms with Crippen molar-refractivity contribution in [3.05, 3.63) is 45.9 Å². The molecule has 3 aromatic heterocycles. The average molecular weight is 578 g/mol. The van der Waals surface area contributed by atoms with Crippen molar-refractivity contribution >= 4 is 74.3 Å². The number of hydrogen-bond acceptors (Lipinski definition) is 11. The predicted molar refractivity (Wildman–Crippen MR) is 138 cm³/mol. The fourth-order valence-electron chi connectivity index (χ4n) is 4.31. The average Bonchev–Trinajstić information content (AvgIpc) is 3.60. The van der Waals surface area contributed by atoms with Gasteiger partial charge in [-0.25, -0.2) is 14.3 Å². The van der Waals surface area contributed by atoms with E-state index in [1.807, 2.05) is 26.7 Å². The number of carboxylic acids is 1. The first-order valence-corrected chi connectivity index (χ1v) is 13.8. The number of thioether (sulfide) groups is 1. The first-order chi connectivity index (χ1) is 18.3. The number of aromatic nitrogens is 3. The molecule has 0 bridgehead atoms. The molecule has 0 aliphatic carbocycles. The van der Waals surface area contributed by atoms with Crippen molar-refractivity contribution in [2.24, 2.45) is 5.16 Å². The van der Waals surface area contributed by atoms with Gasteiger partial charge >= 0.3 is 5.97 Å². The van der Waals surface area contributed by atoms with Crippen LogP contribution in [0.15, 0.2) is 39.6 Å². The lowest BCUT2D eigenvalue weighted by Gasteiger charge is -2.49. The number of nitrogens with two attached hydrogens (primary N) is 1. The minimum atomic E-state index is -1.24. The number of oxime groups is 1. The summed E-state index contributed by atoms with van der Waals surface area (Å²) in [6.07, 6.45) is 4.33. The molecule has 5 heterocycles. The van der Waals surface area contributed by atoms with E-state index in [1.54, 1.807) is 0 Å². The number of β-lactam (4-membered cyclic amide) rings is 1. The van der Waals surface area contributed by atoms with Crippen LogP contribution < -0.4 is 20.9 Å². The third-order valence-electron chi connectivity index (χ3n) is 5.92. The molecule has 2 aliphatic heterocycles. The molecule has 0 unspecified atom stereocenters. The first kappa shape index (κ1) is 25.7. The Morgan fingerprint density at radius 2 is 2.24 bits per heavy atom. The lowest BCUT2D eigenvalue weighted by molar-refractivity contribution is -0.695. The summed E-state index contributed by atoms with van der Waals surface area (Å²) in [6, 6.07) is -0.957. The van der Waals surface area contributed by atoms with Gasteiger partial charge in [-0.15, -0.1) is 23.1 Å². The number of carbonyl (C=O) groups is 4. The Hall–Kier alpha value is -3.96. The van der Waals surface area contributed by atoms with Crippen molar-refractivity contribution in [3.63, 3.8) is 0 Å². The van der Waals surface area contributed by atoms with E-state index < -0.39 is 29.2 Å². The summed E-state index contributed by atoms with van der Waals surface area (Å²) in [5.41, 5.74) is 6.13. The van der Waals surface area contributed by atoms with E-state index in [0.29, 0.717) is 17.7 Å². The first-order valence-electron chi connectivity index (χ1n) is 11.0. The van der Waals surface area contributed by atoms with Crippen LogP contribution in [-0.2, 0) is 37.1 Å². The van der Waals surface area contributed by atoms with Crippen molar-refractivity contribution in [1.29, 1.82) is 0 Å². The van der Waals surface area contributed by atoms with Gasteiger partial charge < -0.3 is 26.3 Å². The third kappa shape index (κ3) is 4.48. The smallest absolute Gasteiger partial charge is 0.352 e. The standard InChI is InChI=1S/C21H20N8O6S3/c1-35-26-14(11-8-38-21(22)24-11)17(31)25-15-18(32)29-16(20(33)34)10(7-37-19(15)29)5-27-6-13-28(2-3-36-13)12(27)4-23-9-30/h2-3,6,8-9,15,19H,4-5,7H2,1H3,(H4-,22,23,24,25,30,31,33,34)/p+1/b26-14-/t15-,19-/m1/s1. The van der Waals surface area contributed by atoms with Gasteiger partial charge in [-0.2, -0.15) is 4.40 Å². The molecule has 198 valence electrons. The van der Waals surface area contributed by atoms with Crippen LogP contribution in [0.2, 0.25) is 0 Å². The molecule has 2 aliphatic rings. The van der Waals surface area contributed by atoms with E-state index in [9.17, 15) is 24.3 Å². The number of nitrogens with one attached hydrogen (secondary N) is 2. The minimum absolute atomic E-state index is 0.112. The minimum Gasteiger partial charge on any atom is -0.477 e. The second-order valence-corrected chi connectivity index (χ2v) is 11.0. The Balaban J connectivity index is 1.38. The van der Waals surface area contributed by atoms with E-state index in [2.05, 4.69) is 20.8 Å². The van der Waals surface area contributed by atoms with Gasteiger partial charge in [0.15, 0.2) is 10.8 Å². The van der Waals surface area contributed by atoms with Crippen LogP contribution in [-0.4, -0.2) is 73.6 Å². The molecule has 5 N–H and O–H groups in total. The van der Waals surface area contributed by atoms with Crippen LogP contribution in [0.1, 0.15) is 11.5 Å². The molecule has 5 rings (SSSR count). The van der Waals surface area contributed by atoms with Crippen molar-refractivity contribution in [2.75, 3.05) is 18.6 Å². The van der Waals surface area contributed by atoms with E-state index >= 15 is 0 Å². The fourth-order valence-corrected chi connectivity index (χ4v) is 6.99. The zero-order chi connectivity index (χ0) is 27.0. The molecule has 0 aromatic carbocycles. The second-order valence-electron chi connectivity index (χ2n) is 8.09. The number of thiazole rings is 2. The zero-order valence-electron chi connectivity index (χ0n) is 19.7. The van der Waals surface area contributed by atoms with E-state index in [-0.39, 0.29) is 35.3 Å². The van der Waals surface area contributed by atoms with E-state index in [0.717, 1.165) is 22.0 Å². The number of imidazole rings is 1. The maximum atomic E-state index is 13.1. The van der Waals surface area contributed by atoms with Gasteiger partial charge in [0.05, 0.1) is 0 Å². The number of nitrogen functional groups attached to an aromatic ring is 1. The normalized spacial score (nSPS) is 19.2. The van der Waals surface area contributed by atoms with Crippen LogP contribution in [0.4, 0.5) is 5.13 Å². The van der Waals surface area contributed by atoms with Gasteiger partial charge in [-0.05, 0) is 0 Å². The Labute approximate surface area is 226 Å². The van der Waals surface area contributed by atoms with Gasteiger partial charge in [0.2, 0.25) is 11.2 Å². The second kappa shape index (κ2) is 10.4. The summed E-state index contributed by atoms with van der Waals surface area (Å²) in [4.78, 5) is 60.2. The van der Waals surface area contributed by atoms with Crippen LogP contribution in [0, 0.1) is 0 Å². The molecule has 1 saturated heterocycles. The summed E-state index contributed by atoms with van der Waals surface area (Å²) in [6.45, 7) is 0.453. The molecule has 38 heavy (non-hydrogen) atoms. The molecule has 17 heteroatoms. The molecular weight excluding hydrogens is 556 g/mol. The van der Waals surface area contributed by atoms with Crippen molar-refractivity contribution in [1.82, 2.24) is 24.9 Å². The number of anilines is 1. The largest absolute Gasteiger partial charge is 0.477 e. The fraction of sp³-hybridized carbons (Fsp3) is 0.286. The molecule has 0 spiro atoms. The number of aliphatic carboxylic acids is 1. The maximum Gasteiger partial charge on any atom is 0.352 e. The number of hydrogen-bond donors (Lipinski definition) is 4. The predicted octanol–water partition coefficient (Wildman–Crippen LogP) is -0.638. The zero-order valence-corrected chi connectivity index (χ0v) is 22.1. The van der Waals surface area contributed by atoms with Crippen molar-refractivity contribution in [3.8, 4) is 0 Å². The molecule has 1 fully saturated rings. The van der Waals surface area contributed by atoms with Crippen molar-refractivity contribution in [2.45, 2.75) is 24.5 Å². The Morgan fingerprint density at radius 1 is 1.42 bits per heavy atom. The highest BCUT2D eigenvalue weighted by Crippen LogP contribution is 2.40. The summed E-state index contributed by atoms with van der Waals surface area (Å²) < 4.78 is 3.77. The van der Waals surface area contributed by atoms with Gasteiger partial charge in [0.1, 0.15) is 55.4 Å². The highest BCUT2D eigenvalue weighted by atomic mass is 32.2. The lowest BCUT2D eigenvalue weighted by atomic mass is 10.0. The van der Waals surface area contributed by atoms with Gasteiger partial charge in [0, 0.05) is 22.1 Å². The molecule has 2 atom stereocenters. The van der Waals surface area contributed by atoms with Gasteiger partial charge in [-0.1, -0.05) is 16.5 Å². The van der Waals surface area contributed by atoms with Gasteiger partial charge in [0.25, 0.3) is 17.6 Å². The monoisotopic (exact) mass is 577 g/mol. The molecular formula is C21H21N8O6S3+. The lowest BCUT2D eigenvalue weighted by Crippen LogP contribution is -2.71. The van der Waals surface area contributed by atoms with Crippen LogP contribution in [0.3, 0.4) is 0 Å². The SMILES string of the molecule is CO/N=C(\C(=O)N[C@@H]1C(=O)N2C(C(=O)O)=C(C[n+]3cc4sccn4c3CNC=O)CS[C@H]12)c1csc(N)n1. The summed E-state index contributed by atoms with van der Waals surface area (Å²) in [5, 5.41) is 22.1. The highest BCUT2D eigenvalue weighted by molar-refractivity contribution is 8.00. The highest BCUT2D eigenvalue weighted by Gasteiger charge is 2.54. The molecule has 3 aromatic rings. The van der Waals surface area contributed by atoms with E-state index in [4.69, 9.17) is 10.6 Å². The van der Waals surface area contributed by atoms with Crippen molar-refractivity contribution < 1.29 is 33.7 Å². The number of carbonyl (C=O) groups excluding carboxylic acids is 3. The number of rotatable bonds is 10. The quantitative estimate of drug-likeness (QED) is 0.0800. The molecule has 0 saturated carbocycles. The number of amides is 3.